The minimum absolute atomic E-state index is 0.122. The van der Waals surface area contributed by atoms with Crippen LogP contribution in [0.1, 0.15) is 38.2 Å². The van der Waals surface area contributed by atoms with Crippen LogP contribution in [0.4, 0.5) is 10.1 Å². The number of halogens is 1. The third-order valence-corrected chi connectivity index (χ3v) is 7.71. The van der Waals surface area contributed by atoms with E-state index in [1.165, 1.54) is 24.3 Å². The van der Waals surface area contributed by atoms with E-state index in [4.69, 9.17) is 0 Å². The number of nitrogens with zero attached hydrogens (tertiary/aromatic N) is 1. The molecule has 0 bridgehead atoms. The monoisotopic (exact) mass is 388 g/mol. The predicted octanol–water partition coefficient (Wildman–Crippen LogP) is 3.72. The van der Waals surface area contributed by atoms with E-state index in [1.807, 2.05) is 12.1 Å². The number of fused-ring (bicyclic) bond motifs is 3. The fourth-order valence-electron chi connectivity index (χ4n) is 4.69. The Morgan fingerprint density at radius 1 is 1.00 bits per heavy atom. The number of hydrogen-bond acceptors (Lipinski definition) is 4. The number of anilines is 1. The molecule has 0 radical (unpaired) electrons. The van der Waals surface area contributed by atoms with Crippen molar-refractivity contribution in [3.63, 3.8) is 0 Å². The minimum Gasteiger partial charge on any atom is -0.371 e. The number of benzene rings is 2. The van der Waals surface area contributed by atoms with Crippen molar-refractivity contribution in [1.82, 2.24) is 5.32 Å². The van der Waals surface area contributed by atoms with Crippen LogP contribution in [-0.2, 0) is 9.84 Å². The fourth-order valence-corrected chi connectivity index (χ4v) is 5.99. The molecule has 2 aromatic rings. The number of rotatable bonds is 2. The zero-order valence-corrected chi connectivity index (χ0v) is 16.6. The number of hydrogen-bond donors (Lipinski definition) is 1. The van der Waals surface area contributed by atoms with E-state index in [-0.39, 0.29) is 9.79 Å². The van der Waals surface area contributed by atoms with Gasteiger partial charge in [-0.2, -0.15) is 0 Å². The van der Waals surface area contributed by atoms with E-state index in [2.05, 4.69) is 31.1 Å². The quantitative estimate of drug-likeness (QED) is 0.797. The average molecular weight is 389 g/mol. The lowest BCUT2D eigenvalue weighted by Gasteiger charge is -2.26. The molecule has 1 saturated heterocycles. The Bertz CT molecular complexity index is 959. The molecule has 2 aromatic carbocycles. The molecule has 0 saturated carbocycles. The summed E-state index contributed by atoms with van der Waals surface area (Å²) in [7, 11) is -1.57. The summed E-state index contributed by atoms with van der Waals surface area (Å²) in [5.74, 6) is -0.137. The molecule has 0 aromatic heterocycles. The van der Waals surface area contributed by atoms with Gasteiger partial charge in [0.1, 0.15) is 5.82 Å². The number of nitrogens with one attached hydrogen (secondary N) is 1. The van der Waals surface area contributed by atoms with Crippen LogP contribution in [-0.4, -0.2) is 33.6 Å². The molecule has 2 heterocycles. The van der Waals surface area contributed by atoms with Gasteiger partial charge in [0.05, 0.1) is 9.79 Å². The van der Waals surface area contributed by atoms with Gasteiger partial charge in [-0.1, -0.05) is 0 Å². The van der Waals surface area contributed by atoms with Crippen LogP contribution >= 0.6 is 0 Å². The molecule has 2 unspecified atom stereocenters. The van der Waals surface area contributed by atoms with Gasteiger partial charge in [0.15, 0.2) is 0 Å². The van der Waals surface area contributed by atoms with Crippen LogP contribution in [0, 0.1) is 5.82 Å². The standard InChI is InChI=1S/C21H25FN2O2S/c1-13-10-18-19-12-17(27(25,26)16-6-4-15(22)5-7-16)8-9-20(19)24(3)21(18)11-14(2)23-13/h4-9,12-14,18,21,23H,10-11H2,1-3H3/t13?,14?,18-,21-/m1/s1. The highest BCUT2D eigenvalue weighted by atomic mass is 32.2. The molecule has 6 heteroatoms. The molecule has 2 aliphatic rings. The molecule has 0 spiro atoms. The highest BCUT2D eigenvalue weighted by molar-refractivity contribution is 7.91. The summed E-state index contributed by atoms with van der Waals surface area (Å²) in [6, 6.07) is 11.6. The molecule has 2 aliphatic heterocycles. The summed E-state index contributed by atoms with van der Waals surface area (Å²) in [6.45, 7) is 4.40. The molecular weight excluding hydrogens is 363 g/mol. The van der Waals surface area contributed by atoms with Crippen LogP contribution in [0.15, 0.2) is 52.3 Å². The second kappa shape index (κ2) is 6.60. The largest absolute Gasteiger partial charge is 0.371 e. The summed E-state index contributed by atoms with van der Waals surface area (Å²) < 4.78 is 39.2. The van der Waals surface area contributed by atoms with Crippen molar-refractivity contribution in [3.05, 3.63) is 53.8 Å². The number of sulfone groups is 1. The maximum absolute atomic E-state index is 13.2. The van der Waals surface area contributed by atoms with Gasteiger partial charge in [-0.3, -0.25) is 0 Å². The van der Waals surface area contributed by atoms with Crippen molar-refractivity contribution < 1.29 is 12.8 Å². The predicted molar refractivity (Wildman–Crippen MR) is 105 cm³/mol. The van der Waals surface area contributed by atoms with Gasteiger partial charge in [0.2, 0.25) is 9.84 Å². The molecule has 4 nitrogen and oxygen atoms in total. The molecule has 144 valence electrons. The molecule has 4 atom stereocenters. The Balaban J connectivity index is 1.76. The van der Waals surface area contributed by atoms with Crippen molar-refractivity contribution >= 4 is 15.5 Å². The van der Waals surface area contributed by atoms with Crippen LogP contribution in [0.3, 0.4) is 0 Å². The van der Waals surface area contributed by atoms with E-state index in [1.54, 1.807) is 6.07 Å². The van der Waals surface area contributed by atoms with Crippen molar-refractivity contribution in [2.75, 3.05) is 11.9 Å². The van der Waals surface area contributed by atoms with Gasteiger partial charge >= 0.3 is 0 Å². The first-order valence-electron chi connectivity index (χ1n) is 9.41. The lowest BCUT2D eigenvalue weighted by Crippen LogP contribution is -2.36. The molecule has 1 N–H and O–H groups in total. The first-order valence-corrected chi connectivity index (χ1v) is 10.9. The normalized spacial score (nSPS) is 27.8. The highest BCUT2D eigenvalue weighted by Gasteiger charge is 2.40. The Hall–Kier alpha value is -1.92. The first-order chi connectivity index (χ1) is 12.8. The van der Waals surface area contributed by atoms with Gasteiger partial charge in [0.25, 0.3) is 0 Å². The summed E-state index contributed by atoms with van der Waals surface area (Å²) in [6.07, 6.45) is 2.01. The van der Waals surface area contributed by atoms with Crippen molar-refractivity contribution in [1.29, 1.82) is 0 Å². The lowest BCUT2D eigenvalue weighted by molar-refractivity contribution is 0.466. The van der Waals surface area contributed by atoms with Crippen LogP contribution in [0.25, 0.3) is 0 Å². The van der Waals surface area contributed by atoms with E-state index >= 15 is 0 Å². The number of likely N-dealkylation sites (N-methyl/N-ethyl adjacent to an activating group) is 1. The average Bonchev–Trinajstić information content (AvgIpc) is 2.77. The van der Waals surface area contributed by atoms with Gasteiger partial charge in [-0.05, 0) is 74.7 Å². The second-order valence-electron chi connectivity index (χ2n) is 7.90. The SMILES string of the molecule is CC1C[C@@H]2c3cc(S(=O)(=O)c4ccc(F)cc4)ccc3N(C)[C@@H]2CC(C)N1. The van der Waals surface area contributed by atoms with Gasteiger partial charge < -0.3 is 10.2 Å². The lowest BCUT2D eigenvalue weighted by atomic mass is 9.88. The van der Waals surface area contributed by atoms with Crippen LogP contribution in [0.2, 0.25) is 0 Å². The molecule has 4 rings (SSSR count). The van der Waals surface area contributed by atoms with Crippen molar-refractivity contribution in [2.45, 2.75) is 60.5 Å². The Labute approximate surface area is 160 Å². The fraction of sp³-hybridized carbons (Fsp3) is 0.429. The maximum Gasteiger partial charge on any atom is 0.206 e. The minimum atomic E-state index is -3.67. The summed E-state index contributed by atoms with van der Waals surface area (Å²) >= 11 is 0. The summed E-state index contributed by atoms with van der Waals surface area (Å²) in [5, 5.41) is 3.62. The smallest absolute Gasteiger partial charge is 0.206 e. The van der Waals surface area contributed by atoms with Gasteiger partial charge in [-0.15, -0.1) is 0 Å². The second-order valence-corrected chi connectivity index (χ2v) is 9.85. The zero-order valence-electron chi connectivity index (χ0n) is 15.8. The van der Waals surface area contributed by atoms with E-state index in [0.29, 0.717) is 24.0 Å². The van der Waals surface area contributed by atoms with E-state index in [0.717, 1.165) is 24.1 Å². The zero-order chi connectivity index (χ0) is 19.3. The molecule has 0 aliphatic carbocycles. The highest BCUT2D eigenvalue weighted by Crippen LogP contribution is 2.46. The summed E-state index contributed by atoms with van der Waals surface area (Å²) in [5.41, 5.74) is 2.22. The van der Waals surface area contributed by atoms with E-state index < -0.39 is 15.7 Å². The Morgan fingerprint density at radius 2 is 1.63 bits per heavy atom. The molecule has 0 amide bonds. The molecular formula is C21H25FN2O2S. The van der Waals surface area contributed by atoms with Crippen molar-refractivity contribution in [3.8, 4) is 0 Å². The molecule has 27 heavy (non-hydrogen) atoms. The van der Waals surface area contributed by atoms with Gasteiger partial charge in [0, 0.05) is 36.8 Å². The Morgan fingerprint density at radius 3 is 2.33 bits per heavy atom. The third-order valence-electron chi connectivity index (χ3n) is 5.95. The van der Waals surface area contributed by atoms with E-state index in [9.17, 15) is 12.8 Å². The van der Waals surface area contributed by atoms with Crippen LogP contribution in [0.5, 0.6) is 0 Å². The maximum atomic E-state index is 13.2. The summed E-state index contributed by atoms with van der Waals surface area (Å²) in [4.78, 5) is 2.70. The van der Waals surface area contributed by atoms with Gasteiger partial charge in [-0.25, -0.2) is 12.8 Å². The molecule has 1 fully saturated rings. The first kappa shape index (κ1) is 18.4. The third kappa shape index (κ3) is 3.15. The van der Waals surface area contributed by atoms with Crippen molar-refractivity contribution in [2.24, 2.45) is 0 Å². The topological polar surface area (TPSA) is 49.4 Å². The Kier molecular flexibility index (Phi) is 4.51. The van der Waals surface area contributed by atoms with Crippen LogP contribution < -0.4 is 10.2 Å².